The predicted molar refractivity (Wildman–Crippen MR) is 52.0 cm³/mol. The van der Waals surface area contributed by atoms with Gasteiger partial charge in [-0.1, -0.05) is 0 Å². The van der Waals surface area contributed by atoms with Crippen LogP contribution in [0.15, 0.2) is 12.1 Å². The lowest BCUT2D eigenvalue weighted by Gasteiger charge is -2.17. The van der Waals surface area contributed by atoms with Gasteiger partial charge in [-0.3, -0.25) is 4.79 Å². The third-order valence-corrected chi connectivity index (χ3v) is 2.39. The average Bonchev–Trinajstić information content (AvgIpc) is 2.19. The van der Waals surface area contributed by atoms with Gasteiger partial charge in [-0.05, 0) is 24.1 Å². The Morgan fingerprint density at radius 1 is 1.50 bits per heavy atom. The standard InChI is InChI=1S/C10H11FN2O/c1-12-9-4-6-2-3-13-10(14)7(6)5-8(9)11/h4-5,12H,2-3H2,1H3,(H,13,14). The number of hydrogen-bond donors (Lipinski definition) is 2. The first-order chi connectivity index (χ1) is 6.72. The third-order valence-electron chi connectivity index (χ3n) is 2.39. The SMILES string of the molecule is CNc1cc2c(cc1F)C(=O)NCC2. The van der Waals surface area contributed by atoms with E-state index in [-0.39, 0.29) is 11.7 Å². The molecule has 3 nitrogen and oxygen atoms in total. The normalized spacial score (nSPS) is 14.6. The van der Waals surface area contributed by atoms with E-state index in [4.69, 9.17) is 0 Å². The summed E-state index contributed by atoms with van der Waals surface area (Å²) in [7, 11) is 1.66. The van der Waals surface area contributed by atoms with Gasteiger partial charge in [-0.25, -0.2) is 4.39 Å². The van der Waals surface area contributed by atoms with Gasteiger partial charge in [-0.15, -0.1) is 0 Å². The van der Waals surface area contributed by atoms with Crippen molar-refractivity contribution >= 4 is 11.6 Å². The smallest absolute Gasteiger partial charge is 0.251 e. The number of nitrogens with one attached hydrogen (secondary N) is 2. The van der Waals surface area contributed by atoms with Crippen molar-refractivity contribution in [3.8, 4) is 0 Å². The molecule has 0 aromatic heterocycles. The van der Waals surface area contributed by atoms with Crippen LogP contribution >= 0.6 is 0 Å². The summed E-state index contributed by atoms with van der Waals surface area (Å²) in [5.41, 5.74) is 1.80. The predicted octanol–water partition coefficient (Wildman–Crippen LogP) is 1.15. The maximum atomic E-state index is 13.3. The molecule has 2 N–H and O–H groups in total. The van der Waals surface area contributed by atoms with E-state index < -0.39 is 0 Å². The Kier molecular flexibility index (Phi) is 2.11. The molecule has 0 saturated heterocycles. The maximum absolute atomic E-state index is 13.3. The van der Waals surface area contributed by atoms with Crippen LogP contribution in [0.5, 0.6) is 0 Å². The zero-order valence-corrected chi connectivity index (χ0v) is 7.86. The van der Waals surface area contributed by atoms with Crippen molar-refractivity contribution in [2.45, 2.75) is 6.42 Å². The lowest BCUT2D eigenvalue weighted by Crippen LogP contribution is -2.32. The zero-order chi connectivity index (χ0) is 10.1. The molecule has 1 aliphatic heterocycles. The van der Waals surface area contributed by atoms with E-state index in [0.29, 0.717) is 17.8 Å². The van der Waals surface area contributed by atoms with Crippen LogP contribution in [0.1, 0.15) is 15.9 Å². The van der Waals surface area contributed by atoms with Crippen molar-refractivity contribution in [1.29, 1.82) is 0 Å². The van der Waals surface area contributed by atoms with Gasteiger partial charge in [0, 0.05) is 19.2 Å². The minimum atomic E-state index is -0.386. The van der Waals surface area contributed by atoms with Crippen molar-refractivity contribution in [1.82, 2.24) is 5.32 Å². The molecular formula is C10H11FN2O. The summed E-state index contributed by atoms with van der Waals surface area (Å²) in [6.45, 7) is 0.626. The highest BCUT2D eigenvalue weighted by atomic mass is 19.1. The number of benzene rings is 1. The van der Waals surface area contributed by atoms with Gasteiger partial charge >= 0.3 is 0 Å². The van der Waals surface area contributed by atoms with Gasteiger partial charge in [0.05, 0.1) is 5.69 Å². The molecule has 0 saturated carbocycles. The lowest BCUT2D eigenvalue weighted by molar-refractivity contribution is 0.0945. The van der Waals surface area contributed by atoms with Crippen molar-refractivity contribution < 1.29 is 9.18 Å². The average molecular weight is 194 g/mol. The second-order valence-corrected chi connectivity index (χ2v) is 3.25. The summed E-state index contributed by atoms with van der Waals surface area (Å²) < 4.78 is 13.3. The largest absolute Gasteiger partial charge is 0.386 e. The molecule has 1 amide bonds. The molecule has 0 radical (unpaired) electrons. The molecule has 0 atom stereocenters. The van der Waals surface area contributed by atoms with Crippen LogP contribution in [0.3, 0.4) is 0 Å². The fourth-order valence-corrected chi connectivity index (χ4v) is 1.63. The molecule has 0 fully saturated rings. The monoisotopic (exact) mass is 194 g/mol. The van der Waals surface area contributed by atoms with Crippen LogP contribution in [0.4, 0.5) is 10.1 Å². The minimum absolute atomic E-state index is 0.187. The highest BCUT2D eigenvalue weighted by Gasteiger charge is 2.18. The molecule has 0 unspecified atom stereocenters. The van der Waals surface area contributed by atoms with Crippen LogP contribution < -0.4 is 10.6 Å². The minimum Gasteiger partial charge on any atom is -0.386 e. The van der Waals surface area contributed by atoms with Crippen molar-refractivity contribution in [2.75, 3.05) is 18.9 Å². The van der Waals surface area contributed by atoms with E-state index in [2.05, 4.69) is 10.6 Å². The molecule has 1 aromatic carbocycles. The summed E-state index contributed by atoms with van der Waals surface area (Å²) in [5.74, 6) is -0.573. The fraction of sp³-hybridized carbons (Fsp3) is 0.300. The highest BCUT2D eigenvalue weighted by molar-refractivity contribution is 5.97. The number of anilines is 1. The van der Waals surface area contributed by atoms with Crippen LogP contribution in [-0.2, 0) is 6.42 Å². The van der Waals surface area contributed by atoms with Gasteiger partial charge in [0.1, 0.15) is 5.82 Å². The van der Waals surface area contributed by atoms with Crippen LogP contribution in [0, 0.1) is 5.82 Å². The quantitative estimate of drug-likeness (QED) is 0.704. The topological polar surface area (TPSA) is 41.1 Å². The van der Waals surface area contributed by atoms with Gasteiger partial charge < -0.3 is 10.6 Å². The van der Waals surface area contributed by atoms with Crippen molar-refractivity contribution in [3.05, 3.63) is 29.1 Å². The molecular weight excluding hydrogens is 183 g/mol. The molecule has 0 aliphatic carbocycles. The summed E-state index contributed by atoms with van der Waals surface area (Å²) in [5, 5.41) is 5.43. The van der Waals surface area contributed by atoms with E-state index >= 15 is 0 Å². The van der Waals surface area contributed by atoms with Crippen molar-refractivity contribution in [2.24, 2.45) is 0 Å². The van der Waals surface area contributed by atoms with Crippen molar-refractivity contribution in [3.63, 3.8) is 0 Å². The Balaban J connectivity index is 2.54. The van der Waals surface area contributed by atoms with Crippen LogP contribution in [0.2, 0.25) is 0 Å². The van der Waals surface area contributed by atoms with Crippen LogP contribution in [-0.4, -0.2) is 19.5 Å². The number of amides is 1. The first-order valence-electron chi connectivity index (χ1n) is 4.50. The highest BCUT2D eigenvalue weighted by Crippen LogP contribution is 2.22. The molecule has 4 heteroatoms. The Labute approximate surface area is 81.3 Å². The van der Waals surface area contributed by atoms with Gasteiger partial charge in [-0.2, -0.15) is 0 Å². The molecule has 0 spiro atoms. The summed E-state index contributed by atoms with van der Waals surface area (Å²) in [4.78, 5) is 11.3. The molecule has 1 heterocycles. The van der Waals surface area contributed by atoms with E-state index in [0.717, 1.165) is 12.0 Å². The van der Waals surface area contributed by atoms with Gasteiger partial charge in [0.25, 0.3) is 5.91 Å². The molecule has 1 aliphatic rings. The lowest BCUT2D eigenvalue weighted by atomic mass is 9.99. The number of carbonyl (C=O) groups excluding carboxylic acids is 1. The number of rotatable bonds is 1. The van der Waals surface area contributed by atoms with E-state index in [1.54, 1.807) is 13.1 Å². The Hall–Kier alpha value is -1.58. The summed E-state index contributed by atoms with van der Waals surface area (Å²) in [6, 6.07) is 2.99. The van der Waals surface area contributed by atoms with Gasteiger partial charge in [0.2, 0.25) is 0 Å². The molecule has 2 rings (SSSR count). The zero-order valence-electron chi connectivity index (χ0n) is 7.86. The molecule has 14 heavy (non-hydrogen) atoms. The van der Waals surface area contributed by atoms with Crippen LogP contribution in [0.25, 0.3) is 0 Å². The first kappa shape index (κ1) is 8.99. The number of fused-ring (bicyclic) bond motifs is 1. The van der Waals surface area contributed by atoms with E-state index in [1.807, 2.05) is 0 Å². The molecule has 1 aromatic rings. The van der Waals surface area contributed by atoms with E-state index in [1.165, 1.54) is 6.07 Å². The Morgan fingerprint density at radius 3 is 3.00 bits per heavy atom. The number of hydrogen-bond acceptors (Lipinski definition) is 2. The second-order valence-electron chi connectivity index (χ2n) is 3.25. The molecule has 0 bridgehead atoms. The Bertz CT molecular complexity index is 390. The maximum Gasteiger partial charge on any atom is 0.251 e. The third kappa shape index (κ3) is 1.32. The van der Waals surface area contributed by atoms with E-state index in [9.17, 15) is 9.18 Å². The number of carbonyl (C=O) groups is 1. The summed E-state index contributed by atoms with van der Waals surface area (Å²) >= 11 is 0. The fourth-order valence-electron chi connectivity index (χ4n) is 1.63. The Morgan fingerprint density at radius 2 is 2.29 bits per heavy atom. The number of halogens is 1. The summed E-state index contributed by atoms with van der Waals surface area (Å²) in [6.07, 6.45) is 0.760. The second kappa shape index (κ2) is 3.29. The van der Waals surface area contributed by atoms with Gasteiger partial charge in [0.15, 0.2) is 0 Å². The molecule has 74 valence electrons. The first-order valence-corrected chi connectivity index (χ1v) is 4.50.